The summed E-state index contributed by atoms with van der Waals surface area (Å²) in [4.78, 5) is 47.8. The van der Waals surface area contributed by atoms with Crippen molar-refractivity contribution in [1.29, 1.82) is 0 Å². The van der Waals surface area contributed by atoms with Gasteiger partial charge in [0.2, 0.25) is 17.7 Å². The summed E-state index contributed by atoms with van der Waals surface area (Å²) in [6.07, 6.45) is 1.52. The van der Waals surface area contributed by atoms with Crippen LogP contribution in [0.4, 0.5) is 5.69 Å². The van der Waals surface area contributed by atoms with Crippen molar-refractivity contribution in [1.82, 2.24) is 20.6 Å². The number of anilines is 1. The number of nitrogens with one attached hydrogen (secondary N) is 3. The van der Waals surface area contributed by atoms with Gasteiger partial charge in [0.1, 0.15) is 40.8 Å². The first-order valence-electron chi connectivity index (χ1n) is 15.0. The van der Waals surface area contributed by atoms with Crippen LogP contribution in [0.2, 0.25) is 0 Å². The van der Waals surface area contributed by atoms with Crippen molar-refractivity contribution in [2.24, 2.45) is 5.92 Å². The third kappa shape index (κ3) is 4.34. The van der Waals surface area contributed by atoms with Crippen molar-refractivity contribution in [3.63, 3.8) is 0 Å². The van der Waals surface area contributed by atoms with E-state index in [4.69, 9.17) is 18.6 Å². The fraction of sp³-hybridized carbons (Fsp3) is 0.364. The highest BCUT2D eigenvalue weighted by molar-refractivity contribution is 5.91. The molecule has 3 aliphatic heterocycles. The molecule has 0 fully saturated rings. The second-order valence-electron chi connectivity index (χ2n) is 12.3. The predicted octanol–water partition coefficient (Wildman–Crippen LogP) is 3.64. The topological polar surface area (TPSA) is 169 Å². The minimum absolute atomic E-state index is 0.0832. The Labute approximate surface area is 258 Å². The molecule has 7 rings (SSSR count). The van der Waals surface area contributed by atoms with E-state index in [1.54, 1.807) is 6.92 Å². The van der Waals surface area contributed by atoms with Crippen molar-refractivity contribution < 1.29 is 33.1 Å². The first-order valence-corrected chi connectivity index (χ1v) is 15.0. The van der Waals surface area contributed by atoms with Crippen LogP contribution in [0.25, 0.3) is 11.6 Å². The van der Waals surface area contributed by atoms with Gasteiger partial charge in [0.05, 0.1) is 0 Å². The van der Waals surface area contributed by atoms with Gasteiger partial charge in [-0.25, -0.2) is 9.97 Å². The molecule has 2 aromatic carbocycles. The number of aldehydes is 1. The summed E-state index contributed by atoms with van der Waals surface area (Å²) in [7, 11) is 0. The lowest BCUT2D eigenvalue weighted by Gasteiger charge is -2.29. The second kappa shape index (κ2) is 10.3. The van der Waals surface area contributed by atoms with E-state index in [0.717, 1.165) is 22.4 Å². The molecule has 4 aromatic rings. The lowest BCUT2D eigenvalue weighted by Crippen LogP contribution is -2.54. The Morgan fingerprint density at radius 2 is 2.00 bits per heavy atom. The van der Waals surface area contributed by atoms with Crippen molar-refractivity contribution >= 4 is 23.8 Å². The van der Waals surface area contributed by atoms with Gasteiger partial charge >= 0.3 is 0 Å². The van der Waals surface area contributed by atoms with E-state index in [2.05, 4.69) is 20.9 Å². The number of aromatic nitrogens is 2. The smallest absolute Gasteiger partial charge is 0.252 e. The van der Waals surface area contributed by atoms with Crippen LogP contribution < -0.4 is 20.7 Å². The SMILES string of the molecule is CCC(C)(O)C(=O)N[C@H]1Cc2ccc3c(c2)C2(c4ccccc4NC2O3)c2oc(nc2-c2nc(C=O)co2)[C@H](C(C)C)NC1=O. The van der Waals surface area contributed by atoms with Crippen molar-refractivity contribution in [2.75, 3.05) is 5.32 Å². The summed E-state index contributed by atoms with van der Waals surface area (Å²) >= 11 is 0. The minimum Gasteiger partial charge on any atom is -0.469 e. The molecule has 0 saturated heterocycles. The average molecular weight is 612 g/mol. The van der Waals surface area contributed by atoms with Gasteiger partial charge in [0.15, 0.2) is 24.0 Å². The van der Waals surface area contributed by atoms with Crippen LogP contribution in [-0.4, -0.2) is 51.0 Å². The number of oxazole rings is 2. The van der Waals surface area contributed by atoms with E-state index < -0.39 is 41.1 Å². The molecule has 0 aliphatic carbocycles. The van der Waals surface area contributed by atoms with Gasteiger partial charge in [0, 0.05) is 17.7 Å². The molecule has 2 amide bonds. The molecule has 12 heteroatoms. The number of nitrogens with zero attached hydrogens (tertiary/aromatic N) is 2. The molecule has 4 N–H and O–H groups in total. The zero-order valence-electron chi connectivity index (χ0n) is 25.2. The molecule has 2 aromatic heterocycles. The summed E-state index contributed by atoms with van der Waals surface area (Å²) in [5.41, 5.74) is 0.880. The summed E-state index contributed by atoms with van der Waals surface area (Å²) in [5, 5.41) is 20.0. The van der Waals surface area contributed by atoms with Crippen LogP contribution in [0.5, 0.6) is 5.75 Å². The lowest BCUT2D eigenvalue weighted by molar-refractivity contribution is -0.141. The van der Waals surface area contributed by atoms with E-state index in [9.17, 15) is 19.5 Å². The molecule has 0 radical (unpaired) electrons. The van der Waals surface area contributed by atoms with E-state index in [-0.39, 0.29) is 41.9 Å². The molecule has 1 spiro atoms. The van der Waals surface area contributed by atoms with E-state index >= 15 is 0 Å². The number of amides is 2. The number of para-hydroxylation sites is 1. The van der Waals surface area contributed by atoms with Crippen LogP contribution in [-0.2, 0) is 21.4 Å². The maximum Gasteiger partial charge on any atom is 0.252 e. The summed E-state index contributed by atoms with van der Waals surface area (Å²) in [5.74, 6) is -0.0397. The molecular weight excluding hydrogens is 578 g/mol. The monoisotopic (exact) mass is 611 g/mol. The Bertz CT molecular complexity index is 1840. The average Bonchev–Trinajstić information content (AvgIpc) is 3.79. The van der Waals surface area contributed by atoms with Crippen LogP contribution >= 0.6 is 0 Å². The standard InChI is InChI=1S/C33H33N5O7/c1-5-32(4,42)30(41)35-22-13-17-10-11-23-20(12-17)33(19-8-6-7-9-21(19)36-31(33)44-23)26-25(28-34-18(14-39)15-43-28)38-29(45-26)24(16(2)3)37-27(22)40/h6-12,14-16,22,24,31,36,42H,5,13H2,1-4H3,(H,35,41)(H,37,40)/t22-,24-,31?,32?,33?/m0/s1. The zero-order chi connectivity index (χ0) is 31.7. The van der Waals surface area contributed by atoms with Gasteiger partial charge in [-0.3, -0.25) is 14.4 Å². The van der Waals surface area contributed by atoms with E-state index in [1.807, 2.05) is 56.3 Å². The first-order chi connectivity index (χ1) is 21.6. The normalized spacial score (nSPS) is 24.2. The predicted molar refractivity (Wildman–Crippen MR) is 160 cm³/mol. The van der Waals surface area contributed by atoms with Gasteiger partial charge in [-0.1, -0.05) is 51.1 Å². The second-order valence-corrected chi connectivity index (χ2v) is 12.3. The maximum atomic E-state index is 13.9. The number of carbonyl (C=O) groups excluding carboxylic acids is 3. The third-order valence-corrected chi connectivity index (χ3v) is 9.06. The van der Waals surface area contributed by atoms with Gasteiger partial charge in [-0.15, -0.1) is 0 Å². The number of hydrogen-bond acceptors (Lipinski definition) is 10. The number of rotatable bonds is 6. The highest BCUT2D eigenvalue weighted by Crippen LogP contribution is 2.59. The quantitative estimate of drug-likeness (QED) is 0.236. The number of carbonyl (C=O) groups is 3. The molecule has 0 saturated carbocycles. The van der Waals surface area contributed by atoms with E-state index in [1.165, 1.54) is 13.2 Å². The van der Waals surface area contributed by atoms with Crippen molar-refractivity contribution in [2.45, 2.75) is 69.9 Å². The molecule has 4 bridgehead atoms. The fourth-order valence-corrected chi connectivity index (χ4v) is 6.37. The summed E-state index contributed by atoms with van der Waals surface area (Å²) in [6, 6.07) is 11.7. The van der Waals surface area contributed by atoms with Gasteiger partial charge in [-0.2, -0.15) is 0 Å². The molecule has 3 aliphatic rings. The van der Waals surface area contributed by atoms with Crippen LogP contribution in [0, 0.1) is 5.92 Å². The molecule has 45 heavy (non-hydrogen) atoms. The number of aliphatic hydroxyl groups is 1. The lowest BCUT2D eigenvalue weighted by atomic mass is 9.72. The van der Waals surface area contributed by atoms with Gasteiger partial charge in [-0.05, 0) is 42.5 Å². The number of benzene rings is 2. The fourth-order valence-electron chi connectivity index (χ4n) is 6.37. The Kier molecular flexibility index (Phi) is 6.59. The highest BCUT2D eigenvalue weighted by Gasteiger charge is 2.61. The van der Waals surface area contributed by atoms with E-state index in [0.29, 0.717) is 17.8 Å². The van der Waals surface area contributed by atoms with Crippen LogP contribution in [0.3, 0.4) is 0 Å². The summed E-state index contributed by atoms with van der Waals surface area (Å²) in [6.45, 7) is 6.95. The molecule has 12 nitrogen and oxygen atoms in total. The molecule has 3 unspecified atom stereocenters. The Hall–Kier alpha value is -4.97. The molecule has 5 heterocycles. The largest absolute Gasteiger partial charge is 0.469 e. The third-order valence-electron chi connectivity index (χ3n) is 9.06. The van der Waals surface area contributed by atoms with Crippen molar-refractivity contribution in [3.05, 3.63) is 82.8 Å². The minimum atomic E-state index is -1.66. The Balaban J connectivity index is 1.49. The Morgan fingerprint density at radius 1 is 1.20 bits per heavy atom. The highest BCUT2D eigenvalue weighted by atomic mass is 16.5. The maximum absolute atomic E-state index is 13.9. The van der Waals surface area contributed by atoms with Gasteiger partial charge < -0.3 is 34.6 Å². The first kappa shape index (κ1) is 28.8. The van der Waals surface area contributed by atoms with Crippen LogP contribution in [0.15, 0.2) is 57.6 Å². The summed E-state index contributed by atoms with van der Waals surface area (Å²) < 4.78 is 19.0. The zero-order valence-corrected chi connectivity index (χ0v) is 25.2. The number of fused-ring (bicyclic) bond motifs is 4. The van der Waals surface area contributed by atoms with Gasteiger partial charge in [0.25, 0.3) is 5.91 Å². The molecule has 232 valence electrons. The molecule has 5 atom stereocenters. The Morgan fingerprint density at radius 3 is 2.73 bits per heavy atom. The number of hydrogen-bond donors (Lipinski definition) is 4. The molecular formula is C33H33N5O7. The van der Waals surface area contributed by atoms with Crippen LogP contribution in [0.1, 0.15) is 79.0 Å². The number of ether oxygens (including phenoxy) is 1. The van der Waals surface area contributed by atoms with Crippen molar-refractivity contribution in [3.8, 4) is 17.3 Å².